The Kier molecular flexibility index (Phi) is 4.25. The summed E-state index contributed by atoms with van der Waals surface area (Å²) in [6.45, 7) is 1.63. The molecule has 1 aliphatic heterocycles. The first kappa shape index (κ1) is 18.9. The van der Waals surface area contributed by atoms with Crippen LogP contribution in [0.4, 0.5) is 10.5 Å². The summed E-state index contributed by atoms with van der Waals surface area (Å²) in [5.74, 6) is -0.0424. The number of hydrogen-bond acceptors (Lipinski definition) is 4. The number of imide groups is 1. The molecule has 0 aliphatic carbocycles. The van der Waals surface area contributed by atoms with Gasteiger partial charge in [-0.2, -0.15) is 0 Å². The lowest BCUT2D eigenvalue weighted by molar-refractivity contribution is -0.123. The van der Waals surface area contributed by atoms with E-state index in [9.17, 15) is 14.4 Å². The maximum Gasteiger partial charge on any atom is 0.322 e. The number of furan rings is 1. The van der Waals surface area contributed by atoms with Crippen molar-refractivity contribution in [1.82, 2.24) is 10.6 Å². The molecule has 4 aromatic rings. The molecule has 4 amide bonds. The molecule has 154 valence electrons. The molecule has 0 saturated carbocycles. The van der Waals surface area contributed by atoms with E-state index in [-0.39, 0.29) is 12.3 Å². The monoisotopic (exact) mass is 413 g/mol. The van der Waals surface area contributed by atoms with E-state index in [1.54, 1.807) is 31.2 Å². The molecular weight excluding hydrogens is 394 g/mol. The van der Waals surface area contributed by atoms with Gasteiger partial charge >= 0.3 is 6.03 Å². The molecule has 7 nitrogen and oxygen atoms in total. The van der Waals surface area contributed by atoms with Crippen molar-refractivity contribution < 1.29 is 18.8 Å². The van der Waals surface area contributed by atoms with Crippen molar-refractivity contribution in [2.75, 3.05) is 5.32 Å². The van der Waals surface area contributed by atoms with E-state index in [4.69, 9.17) is 4.42 Å². The predicted molar refractivity (Wildman–Crippen MR) is 117 cm³/mol. The second-order valence-electron chi connectivity index (χ2n) is 7.75. The Hall–Kier alpha value is -4.13. The average Bonchev–Trinajstić information content (AvgIpc) is 3.28. The fourth-order valence-corrected chi connectivity index (χ4v) is 3.93. The molecular formula is C24H19N3O4. The van der Waals surface area contributed by atoms with Gasteiger partial charge in [-0.25, -0.2) is 4.79 Å². The number of amides is 4. The molecule has 0 spiro atoms. The maximum atomic E-state index is 12.5. The Morgan fingerprint density at radius 1 is 1.00 bits per heavy atom. The Balaban J connectivity index is 1.31. The highest BCUT2D eigenvalue weighted by molar-refractivity contribution is 6.07. The van der Waals surface area contributed by atoms with Gasteiger partial charge in [0.1, 0.15) is 16.9 Å². The van der Waals surface area contributed by atoms with E-state index < -0.39 is 17.5 Å². The van der Waals surface area contributed by atoms with Crippen LogP contribution in [0.25, 0.3) is 21.7 Å². The number of anilines is 1. The highest BCUT2D eigenvalue weighted by Gasteiger charge is 2.43. The second-order valence-corrected chi connectivity index (χ2v) is 7.75. The Labute approximate surface area is 177 Å². The van der Waals surface area contributed by atoms with E-state index in [0.717, 1.165) is 21.7 Å². The van der Waals surface area contributed by atoms with Gasteiger partial charge in [0.15, 0.2) is 0 Å². The van der Waals surface area contributed by atoms with Gasteiger partial charge in [-0.3, -0.25) is 14.9 Å². The molecule has 0 radical (unpaired) electrons. The van der Waals surface area contributed by atoms with Crippen LogP contribution in [-0.2, 0) is 21.5 Å². The predicted octanol–water partition coefficient (Wildman–Crippen LogP) is 3.82. The quantitative estimate of drug-likeness (QED) is 0.443. The molecule has 3 aromatic carbocycles. The van der Waals surface area contributed by atoms with Crippen LogP contribution in [0.1, 0.15) is 18.2 Å². The summed E-state index contributed by atoms with van der Waals surface area (Å²) in [5.41, 5.74) is 0.828. The molecule has 5 rings (SSSR count). The van der Waals surface area contributed by atoms with Gasteiger partial charge in [0.2, 0.25) is 5.91 Å². The van der Waals surface area contributed by atoms with Crippen molar-refractivity contribution in [1.29, 1.82) is 0 Å². The van der Waals surface area contributed by atoms with Gasteiger partial charge in [0.05, 0.1) is 6.42 Å². The zero-order valence-corrected chi connectivity index (χ0v) is 16.7. The minimum absolute atomic E-state index is 0.0982. The van der Waals surface area contributed by atoms with E-state index in [0.29, 0.717) is 17.0 Å². The van der Waals surface area contributed by atoms with Crippen molar-refractivity contribution in [3.63, 3.8) is 0 Å². The minimum atomic E-state index is -1.13. The van der Waals surface area contributed by atoms with Crippen molar-refractivity contribution in [3.8, 4) is 0 Å². The number of benzene rings is 3. The van der Waals surface area contributed by atoms with Crippen molar-refractivity contribution in [2.24, 2.45) is 0 Å². The lowest BCUT2D eigenvalue weighted by Crippen LogP contribution is -2.40. The molecule has 1 unspecified atom stereocenters. The van der Waals surface area contributed by atoms with Gasteiger partial charge in [-0.05, 0) is 47.5 Å². The van der Waals surface area contributed by atoms with Crippen LogP contribution >= 0.6 is 0 Å². The third-order valence-corrected chi connectivity index (χ3v) is 5.60. The summed E-state index contributed by atoms with van der Waals surface area (Å²) < 4.78 is 5.86. The molecule has 1 aromatic heterocycles. The molecule has 1 aliphatic rings. The molecule has 3 N–H and O–H groups in total. The molecule has 7 heteroatoms. The topological polar surface area (TPSA) is 100 Å². The number of carbonyl (C=O) groups is 3. The zero-order chi connectivity index (χ0) is 21.6. The van der Waals surface area contributed by atoms with E-state index >= 15 is 0 Å². The number of fused-ring (bicyclic) bond motifs is 3. The molecule has 1 saturated heterocycles. The first-order chi connectivity index (χ1) is 14.9. The summed E-state index contributed by atoms with van der Waals surface area (Å²) in [6, 6.07) is 20.1. The number of rotatable bonds is 4. The summed E-state index contributed by atoms with van der Waals surface area (Å²) in [5, 5.41) is 10.9. The first-order valence-electron chi connectivity index (χ1n) is 9.86. The highest BCUT2D eigenvalue weighted by Crippen LogP contribution is 2.29. The van der Waals surface area contributed by atoms with Gasteiger partial charge in [-0.1, -0.05) is 42.5 Å². The van der Waals surface area contributed by atoms with Crippen molar-refractivity contribution in [3.05, 3.63) is 78.1 Å². The zero-order valence-electron chi connectivity index (χ0n) is 16.7. The number of hydrogen-bond donors (Lipinski definition) is 3. The summed E-state index contributed by atoms with van der Waals surface area (Å²) in [7, 11) is 0. The fraction of sp³-hybridized carbons (Fsp3) is 0.125. The normalized spacial score (nSPS) is 18.2. The van der Waals surface area contributed by atoms with E-state index in [1.165, 1.54) is 0 Å². The lowest BCUT2D eigenvalue weighted by Gasteiger charge is -2.21. The Bertz CT molecular complexity index is 1360. The third-order valence-electron chi connectivity index (χ3n) is 5.60. The van der Waals surface area contributed by atoms with Gasteiger partial charge in [-0.15, -0.1) is 0 Å². The summed E-state index contributed by atoms with van der Waals surface area (Å²) in [4.78, 5) is 36.0. The van der Waals surface area contributed by atoms with E-state index in [1.807, 2.05) is 42.5 Å². The van der Waals surface area contributed by atoms with Gasteiger partial charge in [0.25, 0.3) is 5.91 Å². The minimum Gasteiger partial charge on any atom is -0.461 e. The number of nitrogens with one attached hydrogen (secondary N) is 3. The first-order valence-corrected chi connectivity index (χ1v) is 9.86. The highest BCUT2D eigenvalue weighted by atomic mass is 16.3. The van der Waals surface area contributed by atoms with E-state index in [2.05, 4.69) is 16.0 Å². The van der Waals surface area contributed by atoms with Crippen LogP contribution < -0.4 is 16.0 Å². The second kappa shape index (κ2) is 6.98. The van der Waals surface area contributed by atoms with Crippen LogP contribution in [0.3, 0.4) is 0 Å². The Morgan fingerprint density at radius 3 is 2.52 bits per heavy atom. The molecule has 0 bridgehead atoms. The summed E-state index contributed by atoms with van der Waals surface area (Å²) in [6.07, 6.45) is 0.0982. The fourth-order valence-electron chi connectivity index (χ4n) is 3.93. The average molecular weight is 413 g/mol. The SMILES string of the molecule is CC1(c2ccc(NC(=O)Cc3cc4c(ccc5ccccc54)o3)cc2)NC(=O)NC1=O. The Morgan fingerprint density at radius 2 is 1.77 bits per heavy atom. The van der Waals surface area contributed by atoms with Crippen molar-refractivity contribution >= 4 is 45.3 Å². The molecule has 2 heterocycles. The third kappa shape index (κ3) is 3.30. The van der Waals surface area contributed by atoms with Gasteiger partial charge < -0.3 is 15.1 Å². The van der Waals surface area contributed by atoms with Crippen LogP contribution in [0.5, 0.6) is 0 Å². The van der Waals surface area contributed by atoms with Gasteiger partial charge in [0, 0.05) is 11.1 Å². The van der Waals surface area contributed by atoms with Crippen LogP contribution in [0.2, 0.25) is 0 Å². The van der Waals surface area contributed by atoms with Crippen LogP contribution in [-0.4, -0.2) is 17.8 Å². The molecule has 31 heavy (non-hydrogen) atoms. The lowest BCUT2D eigenvalue weighted by atomic mass is 9.92. The van der Waals surface area contributed by atoms with Crippen LogP contribution in [0, 0.1) is 0 Å². The standard InChI is InChI=1S/C24H19N3O4/c1-24(22(29)26-23(30)27-24)15-7-9-16(10-8-15)25-21(28)13-17-12-19-18-5-3-2-4-14(18)6-11-20(19)31-17/h2-12H,13H2,1H3,(H,25,28)(H2,26,27,29,30). The van der Waals surface area contributed by atoms with Crippen LogP contribution in [0.15, 0.2) is 71.1 Å². The molecule has 1 atom stereocenters. The maximum absolute atomic E-state index is 12.5. The number of urea groups is 1. The smallest absolute Gasteiger partial charge is 0.322 e. The van der Waals surface area contributed by atoms with Crippen molar-refractivity contribution in [2.45, 2.75) is 18.9 Å². The summed E-state index contributed by atoms with van der Waals surface area (Å²) >= 11 is 0. The number of carbonyl (C=O) groups excluding carboxylic acids is 3. The largest absolute Gasteiger partial charge is 0.461 e. The molecule has 1 fully saturated rings.